The van der Waals surface area contributed by atoms with E-state index in [4.69, 9.17) is 22.7 Å². The van der Waals surface area contributed by atoms with Gasteiger partial charge in [-0.1, -0.05) is 12.2 Å². The van der Waals surface area contributed by atoms with Crippen LogP contribution in [0.2, 0.25) is 0 Å². The molecule has 0 spiro atoms. The number of hydrogen-bond acceptors (Lipinski definition) is 4. The van der Waals surface area contributed by atoms with Crippen LogP contribution in [0, 0.1) is 0 Å². The minimum Gasteiger partial charge on any atom is -0.392 e. The first kappa shape index (κ1) is 12.4. The van der Waals surface area contributed by atoms with Crippen LogP contribution in [0.15, 0.2) is 0 Å². The molecule has 1 aliphatic heterocycles. The Balaban J connectivity index is 2.29. The van der Waals surface area contributed by atoms with Crippen LogP contribution >= 0.6 is 12.2 Å². The van der Waals surface area contributed by atoms with E-state index in [2.05, 4.69) is 4.90 Å². The van der Waals surface area contributed by atoms with Gasteiger partial charge in [0.1, 0.15) is 6.61 Å². The molecule has 0 aliphatic carbocycles. The Morgan fingerprint density at radius 2 is 2.00 bits per heavy atom. The second-order valence-corrected chi connectivity index (χ2v) is 4.08. The normalized spacial score (nSPS) is 17.8. The molecule has 1 rings (SSSR count). The Bertz CT molecular complexity index is 240. The molecule has 0 saturated carbocycles. The lowest BCUT2D eigenvalue weighted by molar-refractivity contribution is -0.136. The molecule has 1 fully saturated rings. The molecule has 5 nitrogen and oxygen atoms in total. The number of carbonyl (C=O) groups is 1. The Labute approximate surface area is 95.1 Å². The fraction of sp³-hybridized carbons (Fsp3) is 0.778. The molecule has 0 aromatic carbocycles. The summed E-state index contributed by atoms with van der Waals surface area (Å²) in [5, 5.41) is 0. The van der Waals surface area contributed by atoms with Crippen molar-refractivity contribution in [1.29, 1.82) is 0 Å². The van der Waals surface area contributed by atoms with E-state index in [1.54, 1.807) is 4.90 Å². The highest BCUT2D eigenvalue weighted by Gasteiger charge is 2.20. The van der Waals surface area contributed by atoms with E-state index in [0.29, 0.717) is 11.5 Å². The number of nitrogens with zero attached hydrogens (tertiary/aromatic N) is 2. The largest absolute Gasteiger partial charge is 0.392 e. The van der Waals surface area contributed by atoms with Gasteiger partial charge in [0.05, 0.1) is 4.99 Å². The topological polar surface area (TPSA) is 58.8 Å². The molecule has 0 aromatic heterocycles. The van der Waals surface area contributed by atoms with Crippen LogP contribution in [-0.2, 0) is 9.53 Å². The first-order valence-electron chi connectivity index (χ1n) is 4.91. The molecule has 0 radical (unpaired) electrons. The van der Waals surface area contributed by atoms with Gasteiger partial charge in [-0.15, -0.1) is 0 Å². The minimum absolute atomic E-state index is 0.0486. The second kappa shape index (κ2) is 5.99. The third kappa shape index (κ3) is 4.11. The molecule has 1 aliphatic rings. The summed E-state index contributed by atoms with van der Waals surface area (Å²) in [7, 11) is 1.53. The summed E-state index contributed by atoms with van der Waals surface area (Å²) in [6.07, 6.45) is 0. The summed E-state index contributed by atoms with van der Waals surface area (Å²) in [5.74, 6) is 0.0486. The van der Waals surface area contributed by atoms with Crippen molar-refractivity contribution in [2.75, 3.05) is 46.4 Å². The van der Waals surface area contributed by atoms with Gasteiger partial charge in [-0.2, -0.15) is 0 Å². The Hall–Kier alpha value is -0.720. The number of methoxy groups -OCH3 is 1. The van der Waals surface area contributed by atoms with Crippen LogP contribution in [-0.4, -0.2) is 67.1 Å². The van der Waals surface area contributed by atoms with Gasteiger partial charge in [0.2, 0.25) is 5.91 Å². The van der Waals surface area contributed by atoms with E-state index in [9.17, 15) is 4.79 Å². The number of piperazine rings is 1. The van der Waals surface area contributed by atoms with Gasteiger partial charge in [0, 0.05) is 39.8 Å². The van der Waals surface area contributed by atoms with E-state index in [-0.39, 0.29) is 12.5 Å². The number of rotatable bonds is 4. The first-order chi connectivity index (χ1) is 7.13. The molecule has 0 unspecified atom stereocenters. The average Bonchev–Trinajstić information content (AvgIpc) is 2.18. The molecular formula is C9H17N3O2S. The Morgan fingerprint density at radius 1 is 1.40 bits per heavy atom. The third-order valence-electron chi connectivity index (χ3n) is 2.37. The number of nitrogens with two attached hydrogens (primary N) is 1. The van der Waals surface area contributed by atoms with Crippen molar-refractivity contribution >= 4 is 23.1 Å². The number of amides is 1. The van der Waals surface area contributed by atoms with Crippen LogP contribution in [0.1, 0.15) is 0 Å². The van der Waals surface area contributed by atoms with E-state index < -0.39 is 0 Å². The fourth-order valence-corrected chi connectivity index (χ4v) is 1.77. The molecule has 0 atom stereocenters. The second-order valence-electron chi connectivity index (χ2n) is 3.56. The molecule has 0 aromatic rings. The molecule has 15 heavy (non-hydrogen) atoms. The zero-order valence-electron chi connectivity index (χ0n) is 8.94. The van der Waals surface area contributed by atoms with Crippen molar-refractivity contribution in [3.63, 3.8) is 0 Å². The summed E-state index contributed by atoms with van der Waals surface area (Å²) in [6.45, 7) is 3.91. The molecule has 1 amide bonds. The van der Waals surface area contributed by atoms with Crippen molar-refractivity contribution in [3.8, 4) is 0 Å². The maximum absolute atomic E-state index is 11.5. The summed E-state index contributed by atoms with van der Waals surface area (Å²) in [6, 6.07) is 0. The highest BCUT2D eigenvalue weighted by atomic mass is 32.1. The molecule has 2 N–H and O–H groups in total. The predicted molar refractivity (Wildman–Crippen MR) is 61.7 cm³/mol. The van der Waals surface area contributed by atoms with Gasteiger partial charge in [-0.05, 0) is 0 Å². The molecule has 86 valence electrons. The zero-order valence-corrected chi connectivity index (χ0v) is 9.76. The molecular weight excluding hydrogens is 214 g/mol. The van der Waals surface area contributed by atoms with Crippen molar-refractivity contribution in [2.45, 2.75) is 0 Å². The van der Waals surface area contributed by atoms with Crippen LogP contribution < -0.4 is 5.73 Å². The lowest BCUT2D eigenvalue weighted by Gasteiger charge is -2.34. The van der Waals surface area contributed by atoms with Gasteiger partial charge in [-0.25, -0.2) is 0 Å². The van der Waals surface area contributed by atoms with Gasteiger partial charge < -0.3 is 15.4 Å². The standard InChI is InChI=1S/C9H17N3O2S/c1-14-7-9(13)12-4-2-11(3-5-12)6-8(10)15/h2-7H2,1H3,(H2,10,15). The minimum atomic E-state index is 0.0486. The Morgan fingerprint density at radius 3 is 2.47 bits per heavy atom. The summed E-state index contributed by atoms with van der Waals surface area (Å²) in [5.41, 5.74) is 5.45. The van der Waals surface area contributed by atoms with Gasteiger partial charge in [-0.3, -0.25) is 9.69 Å². The van der Waals surface area contributed by atoms with E-state index in [1.165, 1.54) is 7.11 Å². The van der Waals surface area contributed by atoms with Gasteiger partial charge in [0.25, 0.3) is 0 Å². The number of hydrogen-bond donors (Lipinski definition) is 1. The SMILES string of the molecule is COCC(=O)N1CCN(CC(N)=S)CC1. The van der Waals surface area contributed by atoms with Crippen molar-refractivity contribution in [1.82, 2.24) is 9.80 Å². The molecule has 0 bridgehead atoms. The van der Waals surface area contributed by atoms with Crippen LogP contribution in [0.4, 0.5) is 0 Å². The predicted octanol–water partition coefficient (Wildman–Crippen LogP) is -0.937. The third-order valence-corrected chi connectivity index (χ3v) is 2.50. The van der Waals surface area contributed by atoms with Crippen molar-refractivity contribution in [3.05, 3.63) is 0 Å². The Kier molecular flexibility index (Phi) is 4.93. The quantitative estimate of drug-likeness (QED) is 0.633. The lowest BCUT2D eigenvalue weighted by atomic mass is 10.3. The van der Waals surface area contributed by atoms with E-state index in [0.717, 1.165) is 26.2 Å². The van der Waals surface area contributed by atoms with Crippen LogP contribution in [0.25, 0.3) is 0 Å². The molecule has 6 heteroatoms. The number of thiocarbonyl (C=S) groups is 1. The maximum Gasteiger partial charge on any atom is 0.248 e. The highest BCUT2D eigenvalue weighted by Crippen LogP contribution is 2.01. The highest BCUT2D eigenvalue weighted by molar-refractivity contribution is 7.80. The first-order valence-corrected chi connectivity index (χ1v) is 5.31. The summed E-state index contributed by atoms with van der Waals surface area (Å²) >= 11 is 4.83. The lowest BCUT2D eigenvalue weighted by Crippen LogP contribution is -2.51. The summed E-state index contributed by atoms with van der Waals surface area (Å²) < 4.78 is 4.80. The zero-order chi connectivity index (χ0) is 11.3. The van der Waals surface area contributed by atoms with Gasteiger partial charge in [0.15, 0.2) is 0 Å². The number of carbonyl (C=O) groups excluding carboxylic acids is 1. The van der Waals surface area contributed by atoms with Crippen molar-refractivity contribution in [2.24, 2.45) is 5.73 Å². The molecule has 1 heterocycles. The fourth-order valence-electron chi connectivity index (χ4n) is 1.59. The van der Waals surface area contributed by atoms with Crippen LogP contribution in [0.5, 0.6) is 0 Å². The molecule has 1 saturated heterocycles. The van der Waals surface area contributed by atoms with Gasteiger partial charge >= 0.3 is 0 Å². The average molecular weight is 231 g/mol. The van der Waals surface area contributed by atoms with E-state index >= 15 is 0 Å². The summed E-state index contributed by atoms with van der Waals surface area (Å²) in [4.78, 5) is 15.9. The van der Waals surface area contributed by atoms with Crippen molar-refractivity contribution < 1.29 is 9.53 Å². The van der Waals surface area contributed by atoms with E-state index in [1.807, 2.05) is 0 Å². The maximum atomic E-state index is 11.5. The monoisotopic (exact) mass is 231 g/mol. The van der Waals surface area contributed by atoms with Crippen LogP contribution in [0.3, 0.4) is 0 Å². The smallest absolute Gasteiger partial charge is 0.248 e. The number of ether oxygens (including phenoxy) is 1.